The Morgan fingerprint density at radius 1 is 1.02 bits per heavy atom. The number of phenolic OH excluding ortho intramolecular Hbond substituents is 1. The van der Waals surface area contributed by atoms with E-state index in [1.165, 1.54) is 37.1 Å². The van der Waals surface area contributed by atoms with E-state index in [1.54, 1.807) is 42.5 Å². The quantitative estimate of drug-likeness (QED) is 0.0482. The van der Waals surface area contributed by atoms with Crippen LogP contribution in [-0.2, 0) is 21.9 Å². The zero-order valence-electron chi connectivity index (χ0n) is 25.5. The summed E-state index contributed by atoms with van der Waals surface area (Å²) < 4.78 is 26.2. The molecule has 5 aromatic rings. The summed E-state index contributed by atoms with van der Waals surface area (Å²) in [5, 5.41) is 30.6. The van der Waals surface area contributed by atoms with Crippen molar-refractivity contribution in [1.82, 2.24) is 10.2 Å². The number of amides is 1. The lowest BCUT2D eigenvalue weighted by atomic mass is 9.95. The number of thioether (sulfide) groups is 1. The normalized spacial score (nSPS) is 15.6. The molecule has 2 N–H and O–H groups in total. The van der Waals surface area contributed by atoms with Crippen molar-refractivity contribution >= 4 is 61.6 Å². The molecule has 0 saturated carbocycles. The molecule has 1 unspecified atom stereocenters. The largest absolute Gasteiger partial charge is 0.507 e. The van der Waals surface area contributed by atoms with E-state index < -0.39 is 23.5 Å². The Hall–Kier alpha value is -4.72. The van der Waals surface area contributed by atoms with Crippen LogP contribution in [0.25, 0.3) is 5.76 Å². The summed E-state index contributed by atoms with van der Waals surface area (Å²) >= 11 is 5.60. The minimum atomic E-state index is -1.16. The van der Waals surface area contributed by atoms with Crippen molar-refractivity contribution in [3.05, 3.63) is 129 Å². The van der Waals surface area contributed by atoms with Gasteiger partial charge in [0.1, 0.15) is 23.9 Å². The Morgan fingerprint density at radius 3 is 2.44 bits per heavy atom. The molecule has 0 spiro atoms. The van der Waals surface area contributed by atoms with Gasteiger partial charge in [0.05, 0.1) is 23.2 Å². The molecule has 6 rings (SSSR count). The highest BCUT2D eigenvalue weighted by Crippen LogP contribution is 2.47. The number of carbonyl (C=O) groups excluding carboxylic acids is 2. The van der Waals surface area contributed by atoms with Crippen LogP contribution in [-0.4, -0.2) is 39.2 Å². The number of Topliss-reactive ketones (excluding diaryl/α,β-unsaturated/α-hetero) is 1. The second-order valence-corrected chi connectivity index (χ2v) is 13.7. The van der Waals surface area contributed by atoms with Crippen molar-refractivity contribution < 1.29 is 33.7 Å². The highest BCUT2D eigenvalue weighted by molar-refractivity contribution is 9.10. The van der Waals surface area contributed by atoms with E-state index in [4.69, 9.17) is 9.47 Å². The fourth-order valence-corrected chi connectivity index (χ4v) is 7.48. The Kier molecular flexibility index (Phi) is 9.81. The first kappa shape index (κ1) is 33.2. The third kappa shape index (κ3) is 6.66. The summed E-state index contributed by atoms with van der Waals surface area (Å²) in [4.78, 5) is 28.5. The van der Waals surface area contributed by atoms with Crippen LogP contribution in [0.5, 0.6) is 17.2 Å². The van der Waals surface area contributed by atoms with E-state index in [0.29, 0.717) is 27.8 Å². The minimum absolute atomic E-state index is 0.0820. The molecule has 9 nitrogen and oxygen atoms in total. The number of aliphatic hydroxyl groups is 1. The van der Waals surface area contributed by atoms with E-state index in [9.17, 15) is 24.2 Å². The van der Waals surface area contributed by atoms with Gasteiger partial charge in [-0.2, -0.15) is 0 Å². The van der Waals surface area contributed by atoms with Crippen molar-refractivity contribution in [2.75, 3.05) is 12.0 Å². The van der Waals surface area contributed by atoms with Gasteiger partial charge in [-0.1, -0.05) is 65.6 Å². The first-order valence-electron chi connectivity index (χ1n) is 14.5. The number of ether oxygens (including phenoxy) is 2. The van der Waals surface area contributed by atoms with Gasteiger partial charge in [-0.05, 0) is 87.6 Å². The number of hydrogen-bond donors (Lipinski definition) is 2. The van der Waals surface area contributed by atoms with E-state index in [-0.39, 0.29) is 43.8 Å². The zero-order chi connectivity index (χ0) is 33.9. The highest BCUT2D eigenvalue weighted by atomic mass is 79.9. The smallest absolute Gasteiger partial charge is 0.301 e. The molecule has 1 saturated heterocycles. The Bertz CT molecular complexity index is 2050. The summed E-state index contributed by atoms with van der Waals surface area (Å²) in [5.41, 5.74) is 3.05. The standard InChI is InChI=1S/C35H27BrFN3O6S2/c1-19-7-3-4-8-21(19)17-46-24-13-11-20(12-14-24)30(41)28-29(23-15-25(36)31(42)27(16-23)45-2)40(33(44)32(28)43)34-38-39-35(48-34)47-18-22-9-5-6-10-26(22)37/h3-16,29,41-42H,17-18H2,1-2H3/b30-28+. The zero-order valence-corrected chi connectivity index (χ0v) is 28.7. The lowest BCUT2D eigenvalue weighted by molar-refractivity contribution is -0.132. The number of ketones is 1. The molecule has 1 aliphatic heterocycles. The first-order valence-corrected chi connectivity index (χ1v) is 17.1. The lowest BCUT2D eigenvalue weighted by Gasteiger charge is -2.23. The summed E-state index contributed by atoms with van der Waals surface area (Å²) in [6.07, 6.45) is 0. The van der Waals surface area contributed by atoms with E-state index in [0.717, 1.165) is 27.4 Å². The third-order valence-electron chi connectivity index (χ3n) is 7.73. The van der Waals surface area contributed by atoms with Crippen LogP contribution >= 0.6 is 39.0 Å². The van der Waals surface area contributed by atoms with Gasteiger partial charge in [0, 0.05) is 11.3 Å². The number of aromatic nitrogens is 2. The van der Waals surface area contributed by atoms with Gasteiger partial charge in [0.25, 0.3) is 5.78 Å². The number of halogens is 2. The summed E-state index contributed by atoms with van der Waals surface area (Å²) in [6, 6.07) is 22.6. The van der Waals surface area contributed by atoms with Gasteiger partial charge in [0.2, 0.25) is 5.13 Å². The van der Waals surface area contributed by atoms with Crippen molar-refractivity contribution in [2.45, 2.75) is 29.7 Å². The molecular formula is C35H27BrFN3O6S2. The number of benzene rings is 4. The van der Waals surface area contributed by atoms with Gasteiger partial charge in [-0.3, -0.25) is 14.5 Å². The van der Waals surface area contributed by atoms with Crippen LogP contribution in [0.1, 0.15) is 33.9 Å². The molecule has 1 aromatic heterocycles. The predicted octanol–water partition coefficient (Wildman–Crippen LogP) is 7.96. The monoisotopic (exact) mass is 747 g/mol. The minimum Gasteiger partial charge on any atom is -0.507 e. The fraction of sp³-hybridized carbons (Fsp3) is 0.143. The molecular weight excluding hydrogens is 721 g/mol. The molecule has 1 amide bonds. The number of nitrogens with zero attached hydrogens (tertiary/aromatic N) is 3. The molecule has 1 atom stereocenters. The molecule has 0 radical (unpaired) electrons. The molecule has 2 heterocycles. The Morgan fingerprint density at radius 2 is 1.73 bits per heavy atom. The SMILES string of the molecule is COc1cc(C2/C(=C(\O)c3ccc(OCc4ccccc4C)cc3)C(=O)C(=O)N2c2nnc(SCc3ccccc3F)s2)cc(Br)c1O. The van der Waals surface area contributed by atoms with Crippen molar-refractivity contribution in [3.63, 3.8) is 0 Å². The van der Waals surface area contributed by atoms with Crippen molar-refractivity contribution in [2.24, 2.45) is 0 Å². The number of aryl methyl sites for hydroxylation is 1. The molecule has 0 bridgehead atoms. The third-order valence-corrected chi connectivity index (χ3v) is 10.4. The van der Waals surface area contributed by atoms with Crippen LogP contribution in [0.2, 0.25) is 0 Å². The summed E-state index contributed by atoms with van der Waals surface area (Å²) in [6.45, 7) is 2.35. The van der Waals surface area contributed by atoms with Crippen LogP contribution in [0.15, 0.2) is 99.3 Å². The Labute approximate surface area is 291 Å². The maximum Gasteiger partial charge on any atom is 0.301 e. The number of carbonyl (C=O) groups is 2. The topological polar surface area (TPSA) is 122 Å². The Balaban J connectivity index is 1.36. The molecule has 0 aliphatic carbocycles. The number of aliphatic hydroxyl groups excluding tert-OH is 1. The van der Waals surface area contributed by atoms with Gasteiger partial charge in [0.15, 0.2) is 15.8 Å². The second kappa shape index (κ2) is 14.2. The highest BCUT2D eigenvalue weighted by Gasteiger charge is 2.48. The first-order chi connectivity index (χ1) is 23.2. The molecule has 1 aliphatic rings. The van der Waals surface area contributed by atoms with Gasteiger partial charge >= 0.3 is 5.91 Å². The van der Waals surface area contributed by atoms with Crippen LogP contribution in [0.4, 0.5) is 9.52 Å². The van der Waals surface area contributed by atoms with E-state index in [2.05, 4.69) is 26.1 Å². The number of hydrogen-bond acceptors (Lipinski definition) is 10. The molecule has 13 heteroatoms. The van der Waals surface area contributed by atoms with Crippen LogP contribution in [0.3, 0.4) is 0 Å². The number of rotatable bonds is 10. The van der Waals surface area contributed by atoms with Gasteiger partial charge in [-0.15, -0.1) is 10.2 Å². The maximum absolute atomic E-state index is 14.2. The maximum atomic E-state index is 14.2. The number of aromatic hydroxyl groups is 1. The summed E-state index contributed by atoms with van der Waals surface area (Å²) in [5.74, 6) is -1.89. The molecule has 48 heavy (non-hydrogen) atoms. The van der Waals surface area contributed by atoms with Crippen LogP contribution in [0, 0.1) is 12.7 Å². The van der Waals surface area contributed by atoms with Crippen molar-refractivity contribution in [3.8, 4) is 17.2 Å². The van der Waals surface area contributed by atoms with Crippen molar-refractivity contribution in [1.29, 1.82) is 0 Å². The predicted molar refractivity (Wildman–Crippen MR) is 185 cm³/mol. The average Bonchev–Trinajstić information content (AvgIpc) is 3.66. The van der Waals surface area contributed by atoms with Gasteiger partial charge in [-0.25, -0.2) is 4.39 Å². The number of methoxy groups -OCH3 is 1. The van der Waals surface area contributed by atoms with Crippen LogP contribution < -0.4 is 14.4 Å². The lowest BCUT2D eigenvalue weighted by Crippen LogP contribution is -2.29. The fourth-order valence-electron chi connectivity index (χ4n) is 5.16. The number of phenols is 1. The average molecular weight is 749 g/mol. The van der Waals surface area contributed by atoms with E-state index >= 15 is 0 Å². The van der Waals surface area contributed by atoms with E-state index in [1.807, 2.05) is 31.2 Å². The molecule has 4 aromatic carbocycles. The molecule has 244 valence electrons. The second-order valence-electron chi connectivity index (χ2n) is 10.7. The molecule has 1 fully saturated rings. The summed E-state index contributed by atoms with van der Waals surface area (Å²) in [7, 11) is 1.37. The number of anilines is 1. The van der Waals surface area contributed by atoms with Gasteiger partial charge < -0.3 is 19.7 Å².